The lowest BCUT2D eigenvalue weighted by Gasteiger charge is -2.19. The summed E-state index contributed by atoms with van der Waals surface area (Å²) in [5, 5.41) is 15.0. The van der Waals surface area contributed by atoms with Gasteiger partial charge in [0.2, 0.25) is 0 Å². The molecule has 1 aliphatic carbocycles. The Kier molecular flexibility index (Phi) is 3.25. The molecule has 1 aromatic heterocycles. The first-order valence-corrected chi connectivity index (χ1v) is 6.76. The Morgan fingerprint density at radius 3 is 2.89 bits per heavy atom. The van der Waals surface area contributed by atoms with Gasteiger partial charge in [-0.25, -0.2) is 4.98 Å². The molecule has 0 aliphatic heterocycles. The first kappa shape index (κ1) is 12.2. The maximum absolute atomic E-state index is 9.07. The van der Waals surface area contributed by atoms with Crippen LogP contribution in [-0.4, -0.2) is 36.3 Å². The van der Waals surface area contributed by atoms with Crippen molar-refractivity contribution in [1.82, 2.24) is 4.98 Å². The Bertz CT molecular complexity index is 581. The number of aliphatic hydroxyl groups excluding tert-OH is 1. The van der Waals surface area contributed by atoms with Gasteiger partial charge in [0, 0.05) is 42.3 Å². The van der Waals surface area contributed by atoms with Gasteiger partial charge in [-0.15, -0.1) is 0 Å². The van der Waals surface area contributed by atoms with Crippen molar-refractivity contribution in [3.8, 4) is 0 Å². The maximum atomic E-state index is 9.07. The molecule has 0 unspecified atom stereocenters. The van der Waals surface area contributed by atoms with Crippen LogP contribution < -0.4 is 10.2 Å². The minimum Gasteiger partial charge on any atom is -0.395 e. The second-order valence-corrected chi connectivity index (χ2v) is 5.10. The molecule has 1 aliphatic rings. The molecule has 1 saturated carbocycles. The van der Waals surface area contributed by atoms with Gasteiger partial charge in [-0.2, -0.15) is 0 Å². The van der Waals surface area contributed by atoms with Crippen molar-refractivity contribution in [2.24, 2.45) is 0 Å². The third kappa shape index (κ3) is 2.49. The average molecular weight is 257 g/mol. The highest BCUT2D eigenvalue weighted by Gasteiger charge is 2.21. The Balaban J connectivity index is 2.04. The lowest BCUT2D eigenvalue weighted by atomic mass is 10.1. The normalized spacial score (nSPS) is 14.6. The summed E-state index contributed by atoms with van der Waals surface area (Å²) >= 11 is 0. The van der Waals surface area contributed by atoms with Crippen LogP contribution >= 0.6 is 0 Å². The van der Waals surface area contributed by atoms with Crippen LogP contribution in [0, 0.1) is 0 Å². The number of nitrogens with zero attached hydrogens (tertiary/aromatic N) is 2. The zero-order valence-electron chi connectivity index (χ0n) is 11.1. The van der Waals surface area contributed by atoms with Crippen LogP contribution in [0.25, 0.3) is 10.8 Å². The van der Waals surface area contributed by atoms with Crippen molar-refractivity contribution in [3.63, 3.8) is 0 Å². The number of nitrogens with one attached hydrogen (secondary N) is 1. The van der Waals surface area contributed by atoms with Crippen LogP contribution in [0.3, 0.4) is 0 Å². The van der Waals surface area contributed by atoms with Crippen molar-refractivity contribution in [1.29, 1.82) is 0 Å². The molecule has 1 aromatic carbocycles. The van der Waals surface area contributed by atoms with Gasteiger partial charge in [0.1, 0.15) is 5.82 Å². The Morgan fingerprint density at radius 1 is 1.32 bits per heavy atom. The molecule has 100 valence electrons. The molecule has 2 N–H and O–H groups in total. The predicted octanol–water partition coefficient (Wildman–Crippen LogP) is 2.24. The molecule has 3 rings (SSSR count). The summed E-state index contributed by atoms with van der Waals surface area (Å²) in [4.78, 5) is 6.44. The minimum absolute atomic E-state index is 0.134. The highest BCUT2D eigenvalue weighted by atomic mass is 16.3. The van der Waals surface area contributed by atoms with Gasteiger partial charge in [0.25, 0.3) is 0 Å². The molecule has 0 atom stereocenters. The summed E-state index contributed by atoms with van der Waals surface area (Å²) in [6, 6.07) is 8.96. The predicted molar refractivity (Wildman–Crippen MR) is 78.7 cm³/mol. The number of likely N-dealkylation sites (N-methyl/N-ethyl adjacent to an activating group) is 1. The lowest BCUT2D eigenvalue weighted by molar-refractivity contribution is 0.304. The molecule has 1 fully saturated rings. The van der Waals surface area contributed by atoms with Gasteiger partial charge in [0.15, 0.2) is 0 Å². The second-order valence-electron chi connectivity index (χ2n) is 5.10. The summed E-state index contributed by atoms with van der Waals surface area (Å²) < 4.78 is 0. The van der Waals surface area contributed by atoms with Crippen molar-refractivity contribution in [3.05, 3.63) is 30.5 Å². The Labute approximate surface area is 113 Å². The molecule has 0 amide bonds. The number of benzene rings is 1. The van der Waals surface area contributed by atoms with Gasteiger partial charge < -0.3 is 15.3 Å². The second kappa shape index (κ2) is 5.05. The number of hydrogen-bond acceptors (Lipinski definition) is 4. The van der Waals surface area contributed by atoms with Crippen molar-refractivity contribution < 1.29 is 5.11 Å². The van der Waals surface area contributed by atoms with Crippen molar-refractivity contribution in [2.45, 2.75) is 18.9 Å². The maximum Gasteiger partial charge on any atom is 0.136 e. The largest absolute Gasteiger partial charge is 0.395 e. The van der Waals surface area contributed by atoms with E-state index in [2.05, 4.69) is 34.6 Å². The van der Waals surface area contributed by atoms with Crippen LogP contribution in [0.5, 0.6) is 0 Å². The number of rotatable bonds is 5. The van der Waals surface area contributed by atoms with E-state index in [1.165, 1.54) is 23.9 Å². The van der Waals surface area contributed by atoms with Crippen molar-refractivity contribution >= 4 is 22.3 Å². The molecular formula is C15H19N3O. The lowest BCUT2D eigenvalue weighted by Crippen LogP contribution is -2.22. The smallest absolute Gasteiger partial charge is 0.136 e. The SMILES string of the molecule is CN(CCO)c1nccc2c(NC3CC3)cccc12. The van der Waals surface area contributed by atoms with E-state index >= 15 is 0 Å². The molecule has 0 radical (unpaired) electrons. The number of aromatic nitrogens is 1. The summed E-state index contributed by atoms with van der Waals surface area (Å²) in [5.74, 6) is 0.922. The van der Waals surface area contributed by atoms with Crippen LogP contribution in [-0.2, 0) is 0 Å². The number of anilines is 2. The van der Waals surface area contributed by atoms with E-state index < -0.39 is 0 Å². The first-order chi connectivity index (χ1) is 9.29. The summed E-state index contributed by atoms with van der Waals surface area (Å²) in [6.45, 7) is 0.723. The molecule has 0 spiro atoms. The fraction of sp³-hybridized carbons (Fsp3) is 0.400. The highest BCUT2D eigenvalue weighted by molar-refractivity contribution is 6.00. The monoisotopic (exact) mass is 257 g/mol. The topological polar surface area (TPSA) is 48.4 Å². The molecule has 19 heavy (non-hydrogen) atoms. The third-order valence-electron chi connectivity index (χ3n) is 3.52. The summed E-state index contributed by atoms with van der Waals surface area (Å²) in [6.07, 6.45) is 4.36. The van der Waals surface area contributed by atoms with E-state index in [9.17, 15) is 0 Å². The van der Waals surface area contributed by atoms with E-state index in [0.29, 0.717) is 12.6 Å². The first-order valence-electron chi connectivity index (χ1n) is 6.76. The van der Waals surface area contributed by atoms with Crippen molar-refractivity contribution in [2.75, 3.05) is 30.4 Å². The van der Waals surface area contributed by atoms with Crippen LogP contribution in [0.4, 0.5) is 11.5 Å². The van der Waals surface area contributed by atoms with E-state index in [0.717, 1.165) is 11.2 Å². The molecule has 2 aromatic rings. The quantitative estimate of drug-likeness (QED) is 0.862. The number of aliphatic hydroxyl groups is 1. The average Bonchev–Trinajstić information content (AvgIpc) is 3.23. The summed E-state index contributed by atoms with van der Waals surface area (Å²) in [7, 11) is 1.96. The Morgan fingerprint density at radius 2 is 2.16 bits per heavy atom. The zero-order chi connectivity index (χ0) is 13.2. The van der Waals surface area contributed by atoms with Gasteiger partial charge in [0.05, 0.1) is 6.61 Å². The van der Waals surface area contributed by atoms with E-state index in [4.69, 9.17) is 5.11 Å². The van der Waals surface area contributed by atoms with Gasteiger partial charge in [-0.05, 0) is 25.0 Å². The number of hydrogen-bond donors (Lipinski definition) is 2. The zero-order valence-corrected chi connectivity index (χ0v) is 11.1. The van der Waals surface area contributed by atoms with Gasteiger partial charge in [-0.3, -0.25) is 0 Å². The molecule has 1 heterocycles. The van der Waals surface area contributed by atoms with Crippen LogP contribution in [0.2, 0.25) is 0 Å². The summed E-state index contributed by atoms with van der Waals surface area (Å²) in [5.41, 5.74) is 1.18. The third-order valence-corrected chi connectivity index (χ3v) is 3.52. The standard InChI is InChI=1S/C15H19N3O/c1-18(9-10-19)15-13-3-2-4-14(17-11-5-6-11)12(13)7-8-16-15/h2-4,7-8,11,17,19H,5-6,9-10H2,1H3. The number of fused-ring (bicyclic) bond motifs is 1. The molecule has 0 saturated heterocycles. The fourth-order valence-corrected chi connectivity index (χ4v) is 2.33. The highest BCUT2D eigenvalue weighted by Crippen LogP contribution is 2.32. The van der Waals surface area contributed by atoms with Crippen LogP contribution in [0.1, 0.15) is 12.8 Å². The number of pyridine rings is 1. The molecule has 0 bridgehead atoms. The molecule has 4 nitrogen and oxygen atoms in total. The van der Waals surface area contributed by atoms with Gasteiger partial charge in [-0.1, -0.05) is 12.1 Å². The van der Waals surface area contributed by atoms with E-state index in [1.54, 1.807) is 0 Å². The van der Waals surface area contributed by atoms with E-state index in [1.807, 2.05) is 18.1 Å². The Hall–Kier alpha value is -1.81. The molecule has 4 heteroatoms. The van der Waals surface area contributed by atoms with Gasteiger partial charge >= 0.3 is 0 Å². The van der Waals surface area contributed by atoms with E-state index in [-0.39, 0.29) is 6.61 Å². The minimum atomic E-state index is 0.134. The molecular weight excluding hydrogens is 238 g/mol. The van der Waals surface area contributed by atoms with Crippen LogP contribution in [0.15, 0.2) is 30.5 Å². The fourth-order valence-electron chi connectivity index (χ4n) is 2.33.